The molecule has 0 bridgehead atoms. The van der Waals surface area contributed by atoms with E-state index in [0.29, 0.717) is 11.1 Å². The van der Waals surface area contributed by atoms with Gasteiger partial charge in [-0.15, -0.1) is 0 Å². The van der Waals surface area contributed by atoms with Gasteiger partial charge in [0.25, 0.3) is 0 Å². The average Bonchev–Trinajstić information content (AvgIpc) is 3.40. The molecule has 4 aromatic carbocycles. The van der Waals surface area contributed by atoms with Gasteiger partial charge in [-0.3, -0.25) is 9.59 Å². The zero-order valence-corrected chi connectivity index (χ0v) is 18.7. The van der Waals surface area contributed by atoms with E-state index in [-0.39, 0.29) is 17.5 Å². The second-order valence-corrected chi connectivity index (χ2v) is 9.46. The Kier molecular flexibility index (Phi) is 3.69. The number of methoxy groups -OCH3 is 1. The van der Waals surface area contributed by atoms with Crippen LogP contribution in [0.4, 0.5) is 0 Å². The lowest BCUT2D eigenvalue weighted by Crippen LogP contribution is -2.44. The van der Waals surface area contributed by atoms with Crippen LogP contribution in [0.1, 0.15) is 48.9 Å². The number of Topliss-reactive ketones (excluding diaryl/α,β-unsaturated/α-hetero) is 2. The van der Waals surface area contributed by atoms with Crippen LogP contribution < -0.4 is 0 Å². The Labute approximate surface area is 198 Å². The smallest absolute Gasteiger partial charge is 0.175 e. The van der Waals surface area contributed by atoms with Crippen LogP contribution in [-0.4, -0.2) is 18.7 Å². The summed E-state index contributed by atoms with van der Waals surface area (Å²) >= 11 is 0. The van der Waals surface area contributed by atoms with Gasteiger partial charge in [0.2, 0.25) is 0 Å². The molecular formula is C31H22O3. The van der Waals surface area contributed by atoms with E-state index in [9.17, 15) is 9.59 Å². The molecule has 1 saturated carbocycles. The van der Waals surface area contributed by atoms with Crippen molar-refractivity contribution < 1.29 is 14.3 Å². The highest BCUT2D eigenvalue weighted by molar-refractivity contribution is 6.22. The molecule has 4 aromatic rings. The zero-order valence-electron chi connectivity index (χ0n) is 18.7. The summed E-state index contributed by atoms with van der Waals surface area (Å²) in [6, 6.07) is 34.9. The monoisotopic (exact) mass is 442 g/mol. The van der Waals surface area contributed by atoms with E-state index in [1.165, 1.54) is 0 Å². The fourth-order valence-electron chi connectivity index (χ4n) is 7.48. The van der Waals surface area contributed by atoms with Crippen LogP contribution in [0.5, 0.6) is 0 Å². The summed E-state index contributed by atoms with van der Waals surface area (Å²) in [6.45, 7) is 0. The molecule has 1 fully saturated rings. The predicted octanol–water partition coefficient (Wildman–Crippen LogP) is 5.69. The molecular weight excluding hydrogens is 420 g/mol. The summed E-state index contributed by atoms with van der Waals surface area (Å²) in [5.74, 6) is -0.327. The van der Waals surface area contributed by atoms with E-state index in [4.69, 9.17) is 4.74 Å². The highest BCUT2D eigenvalue weighted by atomic mass is 16.5. The molecule has 0 amide bonds. The number of carbonyl (C=O) groups is 2. The SMILES string of the molecule is CO[C@@]12c3ccccc3C3C(C(=O)c4ccccc4)(c4ccccc41)[C@]32C(=O)c1ccccc1. The van der Waals surface area contributed by atoms with Gasteiger partial charge in [-0.1, -0.05) is 109 Å². The predicted molar refractivity (Wildman–Crippen MR) is 129 cm³/mol. The van der Waals surface area contributed by atoms with E-state index >= 15 is 0 Å². The third kappa shape index (κ3) is 1.81. The van der Waals surface area contributed by atoms with Gasteiger partial charge < -0.3 is 4.74 Å². The maximum Gasteiger partial charge on any atom is 0.175 e. The summed E-state index contributed by atoms with van der Waals surface area (Å²) in [6.07, 6.45) is 0. The van der Waals surface area contributed by atoms with Gasteiger partial charge in [-0.05, 0) is 22.3 Å². The number of hydrogen-bond acceptors (Lipinski definition) is 3. The molecule has 4 atom stereocenters. The second-order valence-electron chi connectivity index (χ2n) is 9.46. The Hall–Kier alpha value is -3.82. The molecule has 34 heavy (non-hydrogen) atoms. The average molecular weight is 443 g/mol. The molecule has 3 nitrogen and oxygen atoms in total. The molecule has 0 saturated heterocycles. The van der Waals surface area contributed by atoms with E-state index in [1.54, 1.807) is 7.11 Å². The first-order valence-corrected chi connectivity index (χ1v) is 11.6. The van der Waals surface area contributed by atoms with E-state index in [0.717, 1.165) is 22.3 Å². The van der Waals surface area contributed by atoms with Crippen molar-refractivity contribution in [3.63, 3.8) is 0 Å². The standard InChI is InChI=1S/C31H22O3/c1-34-31-23-17-9-8-16-22(23)26-29(24-18-10-11-19-25(24)31,27(32)20-12-4-2-5-13-20)30(26,31)28(33)21-14-6-3-7-15-21/h2-19,26H,1H3/t26?,29?,30-,31+/m1/s1. The van der Waals surface area contributed by atoms with Gasteiger partial charge in [0, 0.05) is 24.2 Å². The maximum atomic E-state index is 14.7. The normalized spacial score (nSPS) is 29.1. The van der Waals surface area contributed by atoms with Gasteiger partial charge in [-0.25, -0.2) is 0 Å². The van der Waals surface area contributed by atoms with Gasteiger partial charge in [0.05, 0.1) is 10.8 Å². The van der Waals surface area contributed by atoms with Crippen molar-refractivity contribution >= 4 is 11.6 Å². The molecule has 3 aliphatic rings. The molecule has 7 rings (SSSR count). The largest absolute Gasteiger partial charge is 0.368 e. The molecule has 3 heteroatoms. The summed E-state index contributed by atoms with van der Waals surface area (Å²) in [5, 5.41) is 0. The molecule has 0 spiro atoms. The van der Waals surface area contributed by atoms with E-state index in [1.807, 2.05) is 97.1 Å². The lowest BCUT2D eigenvalue weighted by Gasteiger charge is -2.36. The summed E-state index contributed by atoms with van der Waals surface area (Å²) in [4.78, 5) is 29.2. The topological polar surface area (TPSA) is 43.4 Å². The van der Waals surface area contributed by atoms with Gasteiger partial charge in [0.15, 0.2) is 11.6 Å². The molecule has 0 aromatic heterocycles. The number of hydrogen-bond donors (Lipinski definition) is 0. The lowest BCUT2D eigenvalue weighted by molar-refractivity contribution is -0.0252. The van der Waals surface area contributed by atoms with Crippen LogP contribution in [0.2, 0.25) is 0 Å². The fourth-order valence-corrected chi connectivity index (χ4v) is 7.48. The molecule has 0 heterocycles. The number of fused-ring (bicyclic) bond motifs is 7. The first-order valence-electron chi connectivity index (χ1n) is 11.6. The third-order valence-electron chi connectivity index (χ3n) is 8.44. The third-order valence-corrected chi connectivity index (χ3v) is 8.44. The van der Waals surface area contributed by atoms with Crippen LogP contribution in [0, 0.1) is 5.41 Å². The summed E-state index contributed by atoms with van der Waals surface area (Å²) < 4.78 is 6.48. The van der Waals surface area contributed by atoms with Crippen molar-refractivity contribution in [3.05, 3.63) is 143 Å². The molecule has 2 unspecified atom stereocenters. The fraction of sp³-hybridized carbons (Fsp3) is 0.161. The number of rotatable bonds is 5. The first kappa shape index (κ1) is 19.6. The van der Waals surface area contributed by atoms with E-state index in [2.05, 4.69) is 12.1 Å². The highest BCUT2D eigenvalue weighted by Crippen LogP contribution is 2.92. The van der Waals surface area contributed by atoms with Gasteiger partial charge in [0.1, 0.15) is 5.60 Å². The van der Waals surface area contributed by atoms with Crippen LogP contribution in [-0.2, 0) is 15.8 Å². The summed E-state index contributed by atoms with van der Waals surface area (Å²) in [5.41, 5.74) is 1.99. The minimum absolute atomic E-state index is 0.0109. The number of benzene rings is 4. The van der Waals surface area contributed by atoms with Crippen molar-refractivity contribution in [2.75, 3.05) is 7.11 Å². The number of ketones is 2. The van der Waals surface area contributed by atoms with Crippen LogP contribution in [0.3, 0.4) is 0 Å². The summed E-state index contributed by atoms with van der Waals surface area (Å²) in [7, 11) is 1.68. The Bertz CT molecular complexity index is 1490. The van der Waals surface area contributed by atoms with Crippen LogP contribution in [0.15, 0.2) is 109 Å². The molecule has 0 radical (unpaired) electrons. The Balaban J connectivity index is 1.62. The Morgan fingerprint density at radius 3 is 1.74 bits per heavy atom. The number of carbonyl (C=O) groups excluding carboxylic acids is 2. The first-order chi connectivity index (χ1) is 16.7. The van der Waals surface area contributed by atoms with Crippen molar-refractivity contribution in [1.82, 2.24) is 0 Å². The zero-order chi connectivity index (χ0) is 23.1. The Morgan fingerprint density at radius 2 is 1.12 bits per heavy atom. The molecule has 164 valence electrons. The maximum absolute atomic E-state index is 14.7. The number of ether oxygens (including phenoxy) is 1. The van der Waals surface area contributed by atoms with Crippen molar-refractivity contribution in [3.8, 4) is 0 Å². The van der Waals surface area contributed by atoms with Crippen LogP contribution in [0.25, 0.3) is 0 Å². The highest BCUT2D eigenvalue weighted by Gasteiger charge is 2.98. The lowest BCUT2D eigenvalue weighted by atomic mass is 9.72. The molecule has 3 aliphatic carbocycles. The quantitative estimate of drug-likeness (QED) is 0.373. The van der Waals surface area contributed by atoms with Crippen molar-refractivity contribution in [2.24, 2.45) is 5.41 Å². The second kappa shape index (κ2) is 6.40. The van der Waals surface area contributed by atoms with Gasteiger partial charge in [-0.2, -0.15) is 0 Å². The molecule has 0 aliphatic heterocycles. The van der Waals surface area contributed by atoms with Gasteiger partial charge >= 0.3 is 0 Å². The van der Waals surface area contributed by atoms with Crippen LogP contribution >= 0.6 is 0 Å². The van der Waals surface area contributed by atoms with E-state index < -0.39 is 16.4 Å². The molecule has 0 N–H and O–H groups in total. The van der Waals surface area contributed by atoms with Crippen molar-refractivity contribution in [2.45, 2.75) is 16.9 Å². The minimum Gasteiger partial charge on any atom is -0.368 e. The Morgan fingerprint density at radius 1 is 0.618 bits per heavy atom. The minimum atomic E-state index is -1.07. The van der Waals surface area contributed by atoms with Crippen molar-refractivity contribution in [1.29, 1.82) is 0 Å².